The van der Waals surface area contributed by atoms with Gasteiger partial charge >= 0.3 is 150 Å². The molecule has 0 aliphatic heterocycles. The van der Waals surface area contributed by atoms with E-state index in [1.807, 2.05) is 0 Å². The summed E-state index contributed by atoms with van der Waals surface area (Å²) >= 11 is 0. The maximum Gasteiger partial charge on any atom is 2.00 e. The monoisotopic (exact) mass is 1760 g/mol. The molecule has 0 spiro atoms. The molecule has 0 saturated heterocycles. The van der Waals surface area contributed by atoms with Crippen LogP contribution in [0.15, 0.2) is 0 Å². The molecule has 0 aromatic rings. The number of halogens is 48. The standard InChI is InChI=1S/2C12H4BF24O4.4C4H10O2.Ca/c2*14-5(15,16)1(6(17,18)19)38-13(39-2(7(20,21)22)8(23,24)25,40-3(9(26,27)28)10(29,30)31)41-4(11(32,33)34)12(35,36)37;4*1-5-3-4-6-2;/h2*1-4H;4*3-4H2,1-2H3;/q2*-1;;;;;+2. The van der Waals surface area contributed by atoms with Crippen molar-refractivity contribution in [1.29, 1.82) is 0 Å². The second-order valence-corrected chi connectivity index (χ2v) is 17.9. The third-order valence-corrected chi connectivity index (χ3v) is 9.15. The van der Waals surface area contributed by atoms with Crippen LogP contribution in [0.1, 0.15) is 0 Å². The topological polar surface area (TPSA) is 148 Å². The van der Waals surface area contributed by atoms with Gasteiger partial charge in [0, 0.05) is 56.9 Å². The Balaban J connectivity index is -0.000000282. The fraction of sp³-hybridized carbons (Fsp3) is 1.00. The summed E-state index contributed by atoms with van der Waals surface area (Å²) in [6.07, 6.45) is -171. The third kappa shape index (κ3) is 50.3. The molecule has 0 bridgehead atoms. The molecule has 0 rings (SSSR count). The number of hydrogen-bond donors (Lipinski definition) is 0. The first kappa shape index (κ1) is 118. The van der Waals surface area contributed by atoms with Crippen LogP contribution in [0, 0.1) is 0 Å². The zero-order valence-corrected chi connectivity index (χ0v) is 55.0. The molecule has 0 saturated carbocycles. The maximum absolute atomic E-state index is 12.8. The van der Waals surface area contributed by atoms with Gasteiger partial charge < -0.3 is 75.1 Å². The molecular weight excluding hydrogens is 1710 g/mol. The smallest absolute Gasteiger partial charge is 0.503 e. The average Bonchev–Trinajstić information content (AvgIpc) is 0.756. The van der Waals surface area contributed by atoms with Crippen LogP contribution in [-0.2, 0) is 75.1 Å². The molecule has 0 fully saturated rings. The van der Waals surface area contributed by atoms with Gasteiger partial charge in [0.25, 0.3) is 0 Å². The first-order valence-electron chi connectivity index (χ1n) is 25.0. The molecule has 0 aliphatic carbocycles. The fourth-order valence-corrected chi connectivity index (χ4v) is 5.10. The Labute approximate surface area is 593 Å². The summed E-state index contributed by atoms with van der Waals surface area (Å²) in [5, 5.41) is 0. The van der Waals surface area contributed by atoms with Crippen molar-refractivity contribution in [2.24, 2.45) is 0 Å². The van der Waals surface area contributed by atoms with E-state index in [0.717, 1.165) is 0 Å². The number of rotatable bonds is 28. The minimum absolute atomic E-state index is 0. The van der Waals surface area contributed by atoms with Gasteiger partial charge in [-0.1, -0.05) is 0 Å². The van der Waals surface area contributed by atoms with Crippen LogP contribution in [0.2, 0.25) is 0 Å². The van der Waals surface area contributed by atoms with E-state index in [0.29, 0.717) is 52.9 Å². The van der Waals surface area contributed by atoms with Gasteiger partial charge in [-0.3, -0.25) is 0 Å². The third-order valence-electron chi connectivity index (χ3n) is 9.15. The van der Waals surface area contributed by atoms with E-state index in [2.05, 4.69) is 75.1 Å². The van der Waals surface area contributed by atoms with Crippen LogP contribution in [0.3, 0.4) is 0 Å². The van der Waals surface area contributed by atoms with Gasteiger partial charge in [-0.2, -0.15) is 211 Å². The Kier molecular flexibility index (Phi) is 50.7. The first-order valence-corrected chi connectivity index (χ1v) is 25.0. The molecule has 0 aliphatic rings. The van der Waals surface area contributed by atoms with Crippen molar-refractivity contribution in [1.82, 2.24) is 0 Å². The number of alkyl halides is 48. The van der Waals surface area contributed by atoms with Crippen LogP contribution in [-0.4, -0.2) is 309 Å². The Hall–Kier alpha value is -2.61. The van der Waals surface area contributed by atoms with Crippen molar-refractivity contribution < 1.29 is 286 Å². The molecule has 0 radical (unpaired) electrons. The Morgan fingerprint density at radius 2 is 0.206 bits per heavy atom. The fourth-order valence-electron chi connectivity index (χ4n) is 5.10. The number of hydrogen-bond acceptors (Lipinski definition) is 16. The molecule has 648 valence electrons. The zero-order valence-electron chi connectivity index (χ0n) is 52.8. The van der Waals surface area contributed by atoms with Crippen LogP contribution in [0.4, 0.5) is 211 Å². The van der Waals surface area contributed by atoms with Crippen LogP contribution >= 0.6 is 0 Å². The molecule has 0 aromatic heterocycles. The van der Waals surface area contributed by atoms with Crippen molar-refractivity contribution in [2.45, 2.75) is 148 Å². The second kappa shape index (κ2) is 46.1. The second-order valence-electron chi connectivity index (χ2n) is 17.9. The van der Waals surface area contributed by atoms with Gasteiger partial charge in [0.1, 0.15) is 0 Å². The first-order chi connectivity index (χ1) is 46.4. The molecule has 0 atom stereocenters. The molecule has 0 N–H and O–H groups in total. The SMILES string of the molecule is COCCOC.COCCOC.COCCOC.COCCOC.FC(F)(F)C(O[B-](OC(C(F)(F)F)C(F)(F)F)(OC(C(F)(F)F)C(F)(F)F)OC(C(F)(F)F)C(F)(F)F)C(F)(F)F.FC(F)(F)C(O[B-](OC(C(F)(F)F)C(F)(F)F)(OC(C(F)(F)F)C(F)(F)F)OC(C(F)(F)F)C(F)(F)F)C(F)(F)F.[Ca+2]. The van der Waals surface area contributed by atoms with E-state index >= 15 is 0 Å². The van der Waals surface area contributed by atoms with Gasteiger partial charge in [0.05, 0.1) is 52.9 Å². The summed E-state index contributed by atoms with van der Waals surface area (Å²) in [6.45, 7) is -11.5. The molecule has 0 amide bonds. The van der Waals surface area contributed by atoms with Crippen LogP contribution < -0.4 is 0 Å². The van der Waals surface area contributed by atoms with Crippen molar-refractivity contribution in [3.63, 3.8) is 0 Å². The van der Waals surface area contributed by atoms with E-state index < -0.39 is 162 Å². The summed E-state index contributed by atoms with van der Waals surface area (Å²) in [6, 6.07) is 0. The average molecular weight is 1760 g/mol. The molecule has 67 heteroatoms. The van der Waals surface area contributed by atoms with Crippen molar-refractivity contribution in [3.05, 3.63) is 0 Å². The summed E-state index contributed by atoms with van der Waals surface area (Å²) in [5.41, 5.74) is 0. The Morgan fingerprint density at radius 1 is 0.150 bits per heavy atom. The predicted octanol–water partition coefficient (Wildman–Crippen LogP) is 15.7. The normalized spacial score (nSPS) is 14.4. The Morgan fingerprint density at radius 3 is 0.243 bits per heavy atom. The van der Waals surface area contributed by atoms with E-state index in [1.165, 1.54) is 0 Å². The van der Waals surface area contributed by atoms with Crippen molar-refractivity contribution in [3.8, 4) is 0 Å². The van der Waals surface area contributed by atoms with Crippen molar-refractivity contribution in [2.75, 3.05) is 110 Å². The molecule has 0 unspecified atom stereocenters. The van der Waals surface area contributed by atoms with Gasteiger partial charge in [0.2, 0.25) is 48.8 Å². The minimum Gasteiger partial charge on any atom is -0.503 e. The zero-order chi connectivity index (χ0) is 86.6. The van der Waals surface area contributed by atoms with Crippen molar-refractivity contribution >= 4 is 51.7 Å². The number of ether oxygens (including phenoxy) is 8. The van der Waals surface area contributed by atoms with E-state index in [-0.39, 0.29) is 37.7 Å². The summed E-state index contributed by atoms with van der Waals surface area (Å²) in [5.74, 6) is 0. The van der Waals surface area contributed by atoms with Crippen LogP contribution in [0.25, 0.3) is 0 Å². The quantitative estimate of drug-likeness (QED) is 0.0415. The van der Waals surface area contributed by atoms with Gasteiger partial charge in [-0.05, 0) is 0 Å². The molecular formula is C40H48B2CaF48O16. The van der Waals surface area contributed by atoms with Gasteiger partial charge in [-0.25, -0.2) is 0 Å². The van der Waals surface area contributed by atoms with E-state index in [1.54, 1.807) is 56.9 Å². The van der Waals surface area contributed by atoms with E-state index in [9.17, 15) is 211 Å². The predicted molar refractivity (Wildman–Crippen MR) is 248 cm³/mol. The minimum atomic E-state index is -8.49. The molecule has 16 nitrogen and oxygen atoms in total. The van der Waals surface area contributed by atoms with Crippen LogP contribution in [0.5, 0.6) is 0 Å². The summed E-state index contributed by atoms with van der Waals surface area (Å²) in [4.78, 5) is 0. The maximum atomic E-state index is 12.8. The van der Waals surface area contributed by atoms with E-state index in [4.69, 9.17) is 0 Å². The Bertz CT molecular complexity index is 1710. The molecule has 0 aromatic carbocycles. The summed E-state index contributed by atoms with van der Waals surface area (Å²) in [7, 11) is 13.2. The van der Waals surface area contributed by atoms with Gasteiger partial charge in [-0.15, -0.1) is 0 Å². The molecule has 0 heterocycles. The van der Waals surface area contributed by atoms with Gasteiger partial charge in [0.15, 0.2) is 0 Å². The molecule has 107 heavy (non-hydrogen) atoms. The number of methoxy groups -OCH3 is 8. The summed E-state index contributed by atoms with van der Waals surface area (Å²) < 4.78 is 670. The largest absolute Gasteiger partial charge is 2.00 e.